The zero-order valence-corrected chi connectivity index (χ0v) is 18.2. The van der Waals surface area contributed by atoms with Crippen molar-refractivity contribution in [1.82, 2.24) is 9.97 Å². The van der Waals surface area contributed by atoms with Crippen LogP contribution in [0, 0.1) is 23.7 Å². The van der Waals surface area contributed by atoms with Crippen LogP contribution in [-0.4, -0.2) is 50.1 Å². The summed E-state index contributed by atoms with van der Waals surface area (Å²) in [6.07, 6.45) is 8.76. The van der Waals surface area contributed by atoms with Gasteiger partial charge < -0.3 is 19.1 Å². The van der Waals surface area contributed by atoms with Crippen LogP contribution in [0.15, 0.2) is 17.3 Å². The summed E-state index contributed by atoms with van der Waals surface area (Å²) < 4.78 is 16.4. The molecular formula is C22H24N4O3S. The molecule has 0 aliphatic carbocycles. The summed E-state index contributed by atoms with van der Waals surface area (Å²) in [5.74, 6) is 5.16. The van der Waals surface area contributed by atoms with E-state index in [4.69, 9.17) is 20.6 Å². The fourth-order valence-corrected chi connectivity index (χ4v) is 3.98. The molecule has 2 heterocycles. The van der Waals surface area contributed by atoms with Gasteiger partial charge in [-0.1, -0.05) is 17.7 Å². The van der Waals surface area contributed by atoms with Crippen molar-refractivity contribution in [3.8, 4) is 46.9 Å². The van der Waals surface area contributed by atoms with Gasteiger partial charge in [-0.2, -0.15) is 5.26 Å². The van der Waals surface area contributed by atoms with Crippen LogP contribution in [0.5, 0.6) is 17.2 Å². The summed E-state index contributed by atoms with van der Waals surface area (Å²) in [5.41, 5.74) is 1.63. The number of rotatable bonds is 7. The van der Waals surface area contributed by atoms with Gasteiger partial charge in [0.05, 0.1) is 32.8 Å². The van der Waals surface area contributed by atoms with Gasteiger partial charge in [-0.05, 0) is 31.4 Å². The molecule has 0 saturated carbocycles. The molecule has 30 heavy (non-hydrogen) atoms. The van der Waals surface area contributed by atoms with Crippen molar-refractivity contribution in [1.29, 1.82) is 5.26 Å². The molecule has 1 saturated heterocycles. The summed E-state index contributed by atoms with van der Waals surface area (Å²) >= 11 is 1.37. The molecule has 0 N–H and O–H groups in total. The SMILES string of the molecule is C#CCSc1nc(-c2cc(OC)c(OC)c(OC)c2)c(C#N)c(N2CCCCC2)n1. The lowest BCUT2D eigenvalue weighted by atomic mass is 10.0. The lowest BCUT2D eigenvalue weighted by molar-refractivity contribution is 0.324. The maximum atomic E-state index is 10.0. The number of anilines is 1. The maximum absolute atomic E-state index is 10.0. The van der Waals surface area contributed by atoms with Crippen molar-refractivity contribution in [2.75, 3.05) is 45.1 Å². The third-order valence-electron chi connectivity index (χ3n) is 4.86. The molecule has 1 aliphatic rings. The Kier molecular flexibility index (Phi) is 7.26. The Bertz CT molecular complexity index is 966. The van der Waals surface area contributed by atoms with Crippen LogP contribution in [0.3, 0.4) is 0 Å². The van der Waals surface area contributed by atoms with Gasteiger partial charge in [0.25, 0.3) is 0 Å². The van der Waals surface area contributed by atoms with E-state index in [0.717, 1.165) is 25.9 Å². The number of nitriles is 1. The first kappa shape index (κ1) is 21.6. The second kappa shape index (κ2) is 10.1. The molecule has 1 aromatic carbocycles. The highest BCUT2D eigenvalue weighted by molar-refractivity contribution is 7.99. The molecule has 1 aliphatic heterocycles. The fourth-order valence-electron chi connectivity index (χ4n) is 3.46. The van der Waals surface area contributed by atoms with E-state index in [1.165, 1.54) is 18.2 Å². The number of hydrogen-bond donors (Lipinski definition) is 0. The van der Waals surface area contributed by atoms with Crippen molar-refractivity contribution in [2.24, 2.45) is 0 Å². The number of methoxy groups -OCH3 is 3. The molecular weight excluding hydrogens is 400 g/mol. The first-order valence-electron chi connectivity index (χ1n) is 9.60. The van der Waals surface area contributed by atoms with Gasteiger partial charge in [0.1, 0.15) is 11.6 Å². The molecule has 1 fully saturated rings. The van der Waals surface area contributed by atoms with Crippen molar-refractivity contribution in [3.05, 3.63) is 17.7 Å². The van der Waals surface area contributed by atoms with E-state index in [1.807, 2.05) is 0 Å². The van der Waals surface area contributed by atoms with Gasteiger partial charge >= 0.3 is 0 Å². The van der Waals surface area contributed by atoms with E-state index in [0.29, 0.717) is 50.8 Å². The number of hydrogen-bond acceptors (Lipinski definition) is 8. The third kappa shape index (κ3) is 4.39. The first-order valence-corrected chi connectivity index (χ1v) is 10.6. The Labute approximate surface area is 181 Å². The van der Waals surface area contributed by atoms with Crippen molar-refractivity contribution in [3.63, 3.8) is 0 Å². The Morgan fingerprint density at radius 3 is 2.27 bits per heavy atom. The third-order valence-corrected chi connectivity index (χ3v) is 5.61. The van der Waals surface area contributed by atoms with Gasteiger partial charge in [-0.25, -0.2) is 9.97 Å². The molecule has 156 valence electrons. The molecule has 0 unspecified atom stereocenters. The molecule has 7 nitrogen and oxygen atoms in total. The molecule has 0 atom stereocenters. The Balaban J connectivity index is 2.22. The highest BCUT2D eigenvalue weighted by atomic mass is 32.2. The Morgan fingerprint density at radius 2 is 1.73 bits per heavy atom. The Hall–Kier alpha value is -3.10. The lowest BCUT2D eigenvalue weighted by Gasteiger charge is -2.29. The number of thioether (sulfide) groups is 1. The summed E-state index contributed by atoms with van der Waals surface area (Å²) in [5, 5.41) is 10.6. The number of aromatic nitrogens is 2. The lowest BCUT2D eigenvalue weighted by Crippen LogP contribution is -2.31. The number of nitrogens with zero attached hydrogens (tertiary/aromatic N) is 4. The minimum absolute atomic E-state index is 0.427. The van der Waals surface area contributed by atoms with Gasteiger partial charge in [0, 0.05) is 18.7 Å². The number of terminal acetylenes is 1. The van der Waals surface area contributed by atoms with Gasteiger partial charge in [0.2, 0.25) is 5.75 Å². The standard InChI is InChI=1S/C22H24N4O3S/c1-5-11-30-22-24-19(15-12-17(27-2)20(29-4)18(13-15)28-3)16(14-23)21(25-22)26-9-7-6-8-10-26/h1,12-13H,6-11H2,2-4H3. The fraction of sp³-hybridized carbons (Fsp3) is 0.409. The monoisotopic (exact) mass is 424 g/mol. The first-order chi connectivity index (χ1) is 14.7. The summed E-state index contributed by atoms with van der Waals surface area (Å²) in [4.78, 5) is 11.5. The van der Waals surface area contributed by atoms with Gasteiger partial charge in [-0.3, -0.25) is 0 Å². The smallest absolute Gasteiger partial charge is 0.203 e. The topological polar surface area (TPSA) is 80.5 Å². The second-order valence-corrected chi connectivity index (χ2v) is 7.56. The maximum Gasteiger partial charge on any atom is 0.203 e. The zero-order valence-electron chi connectivity index (χ0n) is 17.4. The number of ether oxygens (including phenoxy) is 3. The largest absolute Gasteiger partial charge is 0.493 e. The molecule has 1 aromatic heterocycles. The van der Waals surface area contributed by atoms with Gasteiger partial charge in [0.15, 0.2) is 22.5 Å². The van der Waals surface area contributed by atoms with Crippen LogP contribution >= 0.6 is 11.8 Å². The summed E-state index contributed by atoms with van der Waals surface area (Å²) in [6.45, 7) is 1.72. The normalized spacial score (nSPS) is 13.3. The van der Waals surface area contributed by atoms with E-state index in [1.54, 1.807) is 33.5 Å². The van der Waals surface area contributed by atoms with E-state index in [-0.39, 0.29) is 0 Å². The van der Waals surface area contributed by atoms with Crippen molar-refractivity contribution >= 4 is 17.6 Å². The zero-order chi connectivity index (χ0) is 21.5. The van der Waals surface area contributed by atoms with Crippen molar-refractivity contribution < 1.29 is 14.2 Å². The minimum atomic E-state index is 0.427. The van der Waals surface area contributed by atoms with Gasteiger partial charge in [-0.15, -0.1) is 6.42 Å². The van der Waals surface area contributed by atoms with Crippen molar-refractivity contribution in [2.45, 2.75) is 24.4 Å². The predicted octanol–water partition coefficient (Wildman–Crippen LogP) is 3.76. The molecule has 3 rings (SSSR count). The second-order valence-electron chi connectivity index (χ2n) is 6.62. The van der Waals surface area contributed by atoms with Crippen LogP contribution < -0.4 is 19.1 Å². The predicted molar refractivity (Wildman–Crippen MR) is 117 cm³/mol. The molecule has 0 bridgehead atoms. The van der Waals surface area contributed by atoms with E-state index >= 15 is 0 Å². The van der Waals surface area contributed by atoms with Crippen LogP contribution in [0.25, 0.3) is 11.3 Å². The minimum Gasteiger partial charge on any atom is -0.493 e. The van der Waals surface area contributed by atoms with E-state index < -0.39 is 0 Å². The highest BCUT2D eigenvalue weighted by Gasteiger charge is 2.24. The molecule has 0 spiro atoms. The summed E-state index contributed by atoms with van der Waals surface area (Å²) in [7, 11) is 4.66. The average Bonchev–Trinajstić information content (AvgIpc) is 2.81. The van der Waals surface area contributed by atoms with E-state index in [2.05, 4.69) is 26.9 Å². The average molecular weight is 425 g/mol. The molecule has 2 aromatic rings. The number of piperidine rings is 1. The molecule has 0 amide bonds. The number of benzene rings is 1. The molecule has 8 heteroatoms. The highest BCUT2D eigenvalue weighted by Crippen LogP contribution is 2.42. The van der Waals surface area contributed by atoms with Crippen LogP contribution in [0.2, 0.25) is 0 Å². The van der Waals surface area contributed by atoms with Crippen LogP contribution in [-0.2, 0) is 0 Å². The van der Waals surface area contributed by atoms with Crippen LogP contribution in [0.1, 0.15) is 24.8 Å². The van der Waals surface area contributed by atoms with E-state index in [9.17, 15) is 5.26 Å². The quantitative estimate of drug-likeness (QED) is 0.378. The summed E-state index contributed by atoms with van der Waals surface area (Å²) in [6, 6.07) is 5.90. The molecule has 0 radical (unpaired) electrons. The Morgan fingerprint density at radius 1 is 1.07 bits per heavy atom. The van der Waals surface area contributed by atoms with Crippen LogP contribution in [0.4, 0.5) is 5.82 Å².